The number of rotatable bonds is 5. The zero-order chi connectivity index (χ0) is 16.7. The second kappa shape index (κ2) is 7.81. The summed E-state index contributed by atoms with van der Waals surface area (Å²) in [6, 6.07) is 16.6. The molecule has 0 unspecified atom stereocenters. The number of benzene rings is 2. The molecule has 0 heterocycles. The van der Waals surface area contributed by atoms with Crippen LogP contribution in [0.1, 0.15) is 18.1 Å². The smallest absolute Gasteiger partial charge is 0.266 e. The minimum atomic E-state index is -0.424. The molecule has 0 saturated carbocycles. The van der Waals surface area contributed by atoms with Crippen molar-refractivity contribution in [2.24, 2.45) is 0 Å². The number of nitrogens with zero attached hydrogens (tertiary/aromatic N) is 1. The van der Waals surface area contributed by atoms with Crippen LogP contribution in [0.2, 0.25) is 0 Å². The molecule has 0 fully saturated rings. The first-order valence-electron chi connectivity index (χ1n) is 7.35. The molecule has 0 saturated heterocycles. The van der Waals surface area contributed by atoms with Gasteiger partial charge in [-0.15, -0.1) is 0 Å². The van der Waals surface area contributed by atoms with E-state index in [4.69, 9.17) is 4.74 Å². The number of anilines is 1. The van der Waals surface area contributed by atoms with Gasteiger partial charge in [0.15, 0.2) is 0 Å². The first-order valence-corrected chi connectivity index (χ1v) is 7.35. The third-order valence-corrected chi connectivity index (χ3v) is 3.14. The van der Waals surface area contributed by atoms with Gasteiger partial charge < -0.3 is 10.1 Å². The summed E-state index contributed by atoms with van der Waals surface area (Å²) in [6.07, 6.45) is 1.56. The molecule has 0 spiro atoms. The van der Waals surface area contributed by atoms with Crippen LogP contribution in [0.4, 0.5) is 5.69 Å². The van der Waals surface area contributed by atoms with Gasteiger partial charge in [-0.25, -0.2) is 0 Å². The lowest BCUT2D eigenvalue weighted by molar-refractivity contribution is -0.112. The van der Waals surface area contributed by atoms with Crippen molar-refractivity contribution in [3.8, 4) is 11.8 Å². The summed E-state index contributed by atoms with van der Waals surface area (Å²) < 4.78 is 5.36. The van der Waals surface area contributed by atoms with Crippen LogP contribution in [-0.4, -0.2) is 12.5 Å². The quantitative estimate of drug-likeness (QED) is 0.672. The van der Waals surface area contributed by atoms with E-state index in [1.807, 2.05) is 62.4 Å². The highest BCUT2D eigenvalue weighted by atomic mass is 16.5. The van der Waals surface area contributed by atoms with Crippen molar-refractivity contribution in [3.05, 3.63) is 65.2 Å². The molecule has 2 aromatic rings. The summed E-state index contributed by atoms with van der Waals surface area (Å²) in [6.45, 7) is 4.45. The number of carbonyl (C=O) groups excluding carboxylic acids is 1. The number of aryl methyl sites for hydroxylation is 1. The number of ether oxygens (including phenoxy) is 1. The SMILES string of the molecule is CCOc1ccc(/C=C(\C#N)C(=O)Nc2cccc(C)c2)cc1. The van der Waals surface area contributed by atoms with E-state index in [1.165, 1.54) is 0 Å². The maximum atomic E-state index is 12.2. The van der Waals surface area contributed by atoms with E-state index in [0.29, 0.717) is 12.3 Å². The molecule has 0 aliphatic rings. The normalized spacial score (nSPS) is 10.7. The molecule has 2 aromatic carbocycles. The predicted octanol–water partition coefficient (Wildman–Crippen LogP) is 3.94. The lowest BCUT2D eigenvalue weighted by Crippen LogP contribution is -2.13. The van der Waals surface area contributed by atoms with Crippen LogP contribution < -0.4 is 10.1 Å². The zero-order valence-corrected chi connectivity index (χ0v) is 13.2. The third kappa shape index (κ3) is 4.72. The Balaban J connectivity index is 2.14. The number of nitriles is 1. The molecule has 4 heteroatoms. The average molecular weight is 306 g/mol. The standard InChI is InChI=1S/C19H18N2O2/c1-3-23-18-9-7-15(8-10-18)12-16(13-20)19(22)21-17-6-4-5-14(2)11-17/h4-12H,3H2,1-2H3,(H,21,22)/b16-12+. The Kier molecular flexibility index (Phi) is 5.54. The molecule has 4 nitrogen and oxygen atoms in total. The van der Waals surface area contributed by atoms with E-state index < -0.39 is 5.91 Å². The van der Waals surface area contributed by atoms with Gasteiger partial charge in [0.05, 0.1) is 6.61 Å². The molecule has 0 aliphatic carbocycles. The van der Waals surface area contributed by atoms with Crippen LogP contribution in [0.25, 0.3) is 6.08 Å². The summed E-state index contributed by atoms with van der Waals surface area (Å²) in [5, 5.41) is 12.0. The molecular weight excluding hydrogens is 288 g/mol. The van der Waals surface area contributed by atoms with Crippen LogP contribution in [-0.2, 0) is 4.79 Å². The molecule has 1 N–H and O–H groups in total. The third-order valence-electron chi connectivity index (χ3n) is 3.14. The molecule has 0 atom stereocenters. The highest BCUT2D eigenvalue weighted by Gasteiger charge is 2.09. The second-order valence-corrected chi connectivity index (χ2v) is 5.00. The summed E-state index contributed by atoms with van der Waals surface area (Å²) >= 11 is 0. The Morgan fingerprint density at radius 3 is 2.61 bits per heavy atom. The van der Waals surface area contributed by atoms with Gasteiger partial charge in [-0.05, 0) is 55.3 Å². The molecule has 0 aromatic heterocycles. The monoisotopic (exact) mass is 306 g/mol. The van der Waals surface area contributed by atoms with Crippen molar-refractivity contribution in [1.29, 1.82) is 5.26 Å². The lowest BCUT2D eigenvalue weighted by Gasteiger charge is -2.05. The van der Waals surface area contributed by atoms with Crippen LogP contribution in [0.3, 0.4) is 0 Å². The molecule has 2 rings (SSSR count). The number of hydrogen-bond acceptors (Lipinski definition) is 3. The predicted molar refractivity (Wildman–Crippen MR) is 91.0 cm³/mol. The van der Waals surface area contributed by atoms with Crippen molar-refractivity contribution < 1.29 is 9.53 Å². The fourth-order valence-corrected chi connectivity index (χ4v) is 2.06. The molecule has 0 aliphatic heterocycles. The minimum absolute atomic E-state index is 0.0515. The van der Waals surface area contributed by atoms with Gasteiger partial charge >= 0.3 is 0 Å². The highest BCUT2D eigenvalue weighted by molar-refractivity contribution is 6.09. The Morgan fingerprint density at radius 2 is 2.00 bits per heavy atom. The van der Waals surface area contributed by atoms with Gasteiger partial charge in [0, 0.05) is 5.69 Å². The van der Waals surface area contributed by atoms with Crippen LogP contribution in [0.15, 0.2) is 54.1 Å². The molecule has 0 radical (unpaired) electrons. The Morgan fingerprint density at radius 1 is 1.26 bits per heavy atom. The first-order chi connectivity index (χ1) is 11.1. The largest absolute Gasteiger partial charge is 0.494 e. The van der Waals surface area contributed by atoms with E-state index >= 15 is 0 Å². The Hall–Kier alpha value is -3.06. The van der Waals surface area contributed by atoms with Gasteiger partial charge in [0.25, 0.3) is 5.91 Å². The Bertz CT molecular complexity index is 756. The lowest BCUT2D eigenvalue weighted by atomic mass is 10.1. The van der Waals surface area contributed by atoms with Gasteiger partial charge in [0.1, 0.15) is 17.4 Å². The molecule has 0 bridgehead atoms. The summed E-state index contributed by atoms with van der Waals surface area (Å²) in [5.74, 6) is 0.333. The maximum absolute atomic E-state index is 12.2. The summed E-state index contributed by atoms with van der Waals surface area (Å²) in [4.78, 5) is 12.2. The van der Waals surface area contributed by atoms with Crippen molar-refractivity contribution >= 4 is 17.7 Å². The van der Waals surface area contributed by atoms with E-state index in [1.54, 1.807) is 12.1 Å². The number of nitrogens with one attached hydrogen (secondary N) is 1. The van der Waals surface area contributed by atoms with Gasteiger partial charge in [0.2, 0.25) is 0 Å². The Labute approximate surface area is 136 Å². The van der Waals surface area contributed by atoms with Crippen molar-refractivity contribution in [1.82, 2.24) is 0 Å². The minimum Gasteiger partial charge on any atom is -0.494 e. The van der Waals surface area contributed by atoms with E-state index in [9.17, 15) is 10.1 Å². The molecule has 23 heavy (non-hydrogen) atoms. The highest BCUT2D eigenvalue weighted by Crippen LogP contribution is 2.16. The first kappa shape index (κ1) is 16.3. The molecular formula is C19H18N2O2. The van der Waals surface area contributed by atoms with Crippen LogP contribution >= 0.6 is 0 Å². The average Bonchev–Trinajstić information content (AvgIpc) is 2.54. The van der Waals surface area contributed by atoms with E-state index in [2.05, 4.69) is 5.32 Å². The number of amides is 1. The molecule has 116 valence electrons. The summed E-state index contributed by atoms with van der Waals surface area (Å²) in [7, 11) is 0. The molecule has 1 amide bonds. The number of carbonyl (C=O) groups is 1. The van der Waals surface area contributed by atoms with Crippen molar-refractivity contribution in [3.63, 3.8) is 0 Å². The van der Waals surface area contributed by atoms with Crippen LogP contribution in [0, 0.1) is 18.3 Å². The summed E-state index contributed by atoms with van der Waals surface area (Å²) in [5.41, 5.74) is 2.53. The number of hydrogen-bond donors (Lipinski definition) is 1. The van der Waals surface area contributed by atoms with Gasteiger partial charge in [-0.2, -0.15) is 5.26 Å². The van der Waals surface area contributed by atoms with E-state index in [-0.39, 0.29) is 5.57 Å². The fourth-order valence-electron chi connectivity index (χ4n) is 2.06. The van der Waals surface area contributed by atoms with Gasteiger partial charge in [-0.3, -0.25) is 4.79 Å². The maximum Gasteiger partial charge on any atom is 0.266 e. The van der Waals surface area contributed by atoms with Crippen LogP contribution in [0.5, 0.6) is 5.75 Å². The zero-order valence-electron chi connectivity index (χ0n) is 13.2. The topological polar surface area (TPSA) is 62.1 Å². The van der Waals surface area contributed by atoms with Gasteiger partial charge in [-0.1, -0.05) is 24.3 Å². The fraction of sp³-hybridized carbons (Fsp3) is 0.158. The van der Waals surface area contributed by atoms with Crippen molar-refractivity contribution in [2.45, 2.75) is 13.8 Å². The van der Waals surface area contributed by atoms with Crippen molar-refractivity contribution in [2.75, 3.05) is 11.9 Å². The van der Waals surface area contributed by atoms with E-state index in [0.717, 1.165) is 16.9 Å². The second-order valence-electron chi connectivity index (χ2n) is 5.00.